The van der Waals surface area contributed by atoms with Gasteiger partial charge in [-0.3, -0.25) is 0 Å². The monoisotopic (exact) mass is 788 g/mol. The van der Waals surface area contributed by atoms with Gasteiger partial charge in [0.2, 0.25) is 0 Å². The van der Waals surface area contributed by atoms with Crippen molar-refractivity contribution in [2.24, 2.45) is 0 Å². The minimum atomic E-state index is 1.09. The fraction of sp³-hybridized carbons (Fsp3) is 0. The summed E-state index contributed by atoms with van der Waals surface area (Å²) >= 11 is 0. The predicted molar refractivity (Wildman–Crippen MR) is 264 cm³/mol. The molecule has 0 atom stereocenters. The normalized spacial score (nSPS) is 11.5. The van der Waals surface area contributed by atoms with Crippen LogP contribution < -0.4 is 4.90 Å². The Hall–Kier alpha value is -8.20. The highest BCUT2D eigenvalue weighted by molar-refractivity contribution is 6.22. The van der Waals surface area contributed by atoms with Crippen molar-refractivity contribution in [3.8, 4) is 39.1 Å². The summed E-state index contributed by atoms with van der Waals surface area (Å²) in [5, 5.41) is 9.88. The van der Waals surface area contributed by atoms with Crippen molar-refractivity contribution in [1.29, 1.82) is 0 Å². The number of anilines is 3. The third-order valence-electron chi connectivity index (χ3n) is 12.5. The van der Waals surface area contributed by atoms with E-state index in [4.69, 9.17) is 0 Å². The molecule has 11 aromatic carbocycles. The van der Waals surface area contributed by atoms with Gasteiger partial charge >= 0.3 is 0 Å². The summed E-state index contributed by atoms with van der Waals surface area (Å²) in [5.41, 5.74) is 14.1. The number of hydrogen-bond donors (Lipinski definition) is 0. The molecule has 0 saturated carbocycles. The number of para-hydroxylation sites is 3. The molecule has 2 nitrogen and oxygen atoms in total. The van der Waals surface area contributed by atoms with Gasteiger partial charge in [0.25, 0.3) is 0 Å². The molecule has 0 spiro atoms. The fourth-order valence-corrected chi connectivity index (χ4v) is 9.84. The summed E-state index contributed by atoms with van der Waals surface area (Å²) < 4.78 is 2.48. The summed E-state index contributed by atoms with van der Waals surface area (Å²) in [7, 11) is 0. The fourth-order valence-electron chi connectivity index (χ4n) is 9.84. The molecule has 0 bridgehead atoms. The van der Waals surface area contributed by atoms with Gasteiger partial charge in [-0.05, 0) is 109 Å². The van der Waals surface area contributed by atoms with Crippen LogP contribution in [0, 0.1) is 0 Å². The van der Waals surface area contributed by atoms with Crippen LogP contribution in [0.3, 0.4) is 0 Å². The first-order chi connectivity index (χ1) is 30.8. The minimum absolute atomic E-state index is 1.09. The highest BCUT2D eigenvalue weighted by Crippen LogP contribution is 2.47. The van der Waals surface area contributed by atoms with Crippen LogP contribution in [-0.4, -0.2) is 4.57 Å². The molecule has 0 amide bonds. The second-order valence-electron chi connectivity index (χ2n) is 16.0. The molecule has 0 aliphatic carbocycles. The average molecular weight is 789 g/mol. The van der Waals surface area contributed by atoms with E-state index >= 15 is 0 Å². The molecule has 0 N–H and O–H groups in total. The Morgan fingerprint density at radius 3 is 1.58 bits per heavy atom. The zero-order valence-corrected chi connectivity index (χ0v) is 34.0. The van der Waals surface area contributed by atoms with Crippen molar-refractivity contribution in [3.63, 3.8) is 0 Å². The summed E-state index contributed by atoms with van der Waals surface area (Å²) in [6.45, 7) is 0. The first-order valence-corrected chi connectivity index (χ1v) is 21.4. The molecule has 1 aromatic heterocycles. The lowest BCUT2D eigenvalue weighted by molar-refractivity contribution is 1.18. The van der Waals surface area contributed by atoms with Gasteiger partial charge in [0.05, 0.1) is 22.4 Å². The smallest absolute Gasteiger partial charge is 0.0782 e. The highest BCUT2D eigenvalue weighted by Gasteiger charge is 2.23. The average Bonchev–Trinajstić information content (AvgIpc) is 3.69. The minimum Gasteiger partial charge on any atom is -0.308 e. The van der Waals surface area contributed by atoms with Gasteiger partial charge in [-0.1, -0.05) is 194 Å². The van der Waals surface area contributed by atoms with Gasteiger partial charge in [-0.25, -0.2) is 0 Å². The summed E-state index contributed by atoms with van der Waals surface area (Å²) in [6.07, 6.45) is 0. The first-order valence-electron chi connectivity index (χ1n) is 21.4. The van der Waals surface area contributed by atoms with Crippen molar-refractivity contribution in [3.05, 3.63) is 243 Å². The Labute approximate surface area is 360 Å². The number of benzene rings is 11. The van der Waals surface area contributed by atoms with E-state index < -0.39 is 0 Å². The second kappa shape index (κ2) is 14.8. The second-order valence-corrected chi connectivity index (χ2v) is 16.0. The predicted octanol–water partition coefficient (Wildman–Crippen LogP) is 16.7. The first kappa shape index (κ1) is 35.7. The Bertz CT molecular complexity index is 3620. The van der Waals surface area contributed by atoms with Crippen LogP contribution in [0.1, 0.15) is 0 Å². The number of hydrogen-bond acceptors (Lipinski definition) is 1. The molecule has 12 aromatic rings. The van der Waals surface area contributed by atoms with Gasteiger partial charge in [-0.15, -0.1) is 0 Å². The molecular formula is C60H40N2. The van der Waals surface area contributed by atoms with Crippen LogP contribution in [-0.2, 0) is 0 Å². The zero-order chi connectivity index (χ0) is 41.0. The Morgan fingerprint density at radius 1 is 0.290 bits per heavy atom. The van der Waals surface area contributed by atoms with Crippen LogP contribution in [0.25, 0.3) is 93.2 Å². The van der Waals surface area contributed by atoms with Crippen LogP contribution >= 0.6 is 0 Å². The Morgan fingerprint density at radius 2 is 0.806 bits per heavy atom. The van der Waals surface area contributed by atoms with Crippen molar-refractivity contribution < 1.29 is 0 Å². The molecule has 0 radical (unpaired) electrons. The maximum absolute atomic E-state index is 2.48. The molecule has 12 rings (SSSR count). The maximum atomic E-state index is 2.48. The number of rotatable bonds is 7. The molecule has 2 heteroatoms. The van der Waals surface area contributed by atoms with E-state index in [-0.39, 0.29) is 0 Å². The molecular weight excluding hydrogens is 749 g/mol. The number of nitrogens with zero attached hydrogens (tertiary/aromatic N) is 2. The SMILES string of the molecule is c1ccc(-c2c(-c3ccccc3)c3cc(-c4cccc(N(c5ccccc5)c5cccc6c7ccccc7n(-c7cccc8ccccc78)c56)c4)ccc3c3ccccc23)cc1. The Kier molecular flexibility index (Phi) is 8.53. The molecule has 0 aliphatic heterocycles. The van der Waals surface area contributed by atoms with E-state index in [0.29, 0.717) is 0 Å². The van der Waals surface area contributed by atoms with Crippen molar-refractivity contribution in [2.75, 3.05) is 4.90 Å². The van der Waals surface area contributed by atoms with Crippen molar-refractivity contribution in [1.82, 2.24) is 4.57 Å². The van der Waals surface area contributed by atoms with Gasteiger partial charge in [0.1, 0.15) is 0 Å². The Balaban J connectivity index is 1.10. The van der Waals surface area contributed by atoms with E-state index in [1.54, 1.807) is 0 Å². The standard InChI is InChI=1S/C60H40N2/c1-4-20-42(21-5-1)58-52-32-13-12-30-49(52)50-38-37-45(40-54(50)59(58)43-22-6-2-7-23-43)44-25-16-28-47(39-44)61(46-26-8-3-9-27-46)57-36-18-33-53-51-31-14-15-34-56(51)62(60(53)57)55-35-17-24-41-19-10-11-29-48(41)55/h1-40H. The third-order valence-corrected chi connectivity index (χ3v) is 12.5. The molecule has 0 unspecified atom stereocenters. The zero-order valence-electron chi connectivity index (χ0n) is 34.0. The maximum Gasteiger partial charge on any atom is 0.0782 e. The highest BCUT2D eigenvalue weighted by atomic mass is 15.2. The van der Waals surface area contributed by atoms with E-state index in [1.807, 2.05) is 0 Å². The van der Waals surface area contributed by atoms with Crippen LogP contribution in [0.2, 0.25) is 0 Å². The summed E-state index contributed by atoms with van der Waals surface area (Å²) in [5.74, 6) is 0. The molecule has 1 heterocycles. The number of fused-ring (bicyclic) bond motifs is 7. The van der Waals surface area contributed by atoms with Gasteiger partial charge in [0, 0.05) is 27.5 Å². The van der Waals surface area contributed by atoms with Gasteiger partial charge < -0.3 is 9.47 Å². The number of aromatic nitrogens is 1. The lowest BCUT2D eigenvalue weighted by Crippen LogP contribution is -2.11. The van der Waals surface area contributed by atoms with E-state index in [1.165, 1.54) is 76.4 Å². The van der Waals surface area contributed by atoms with E-state index in [2.05, 4.69) is 252 Å². The van der Waals surface area contributed by atoms with Gasteiger partial charge in [-0.2, -0.15) is 0 Å². The quantitative estimate of drug-likeness (QED) is 0.146. The topological polar surface area (TPSA) is 8.17 Å². The van der Waals surface area contributed by atoms with Crippen molar-refractivity contribution >= 4 is 71.2 Å². The molecule has 0 fully saturated rings. The lowest BCUT2D eigenvalue weighted by atomic mass is 9.84. The summed E-state index contributed by atoms with van der Waals surface area (Å²) in [6, 6.07) is 88.5. The van der Waals surface area contributed by atoms with Gasteiger partial charge in [0.15, 0.2) is 0 Å². The van der Waals surface area contributed by atoms with Crippen LogP contribution in [0.15, 0.2) is 243 Å². The molecule has 0 saturated heterocycles. The largest absolute Gasteiger partial charge is 0.308 e. The van der Waals surface area contributed by atoms with Crippen LogP contribution in [0.4, 0.5) is 17.1 Å². The lowest BCUT2D eigenvalue weighted by Gasteiger charge is -2.27. The molecule has 290 valence electrons. The molecule has 62 heavy (non-hydrogen) atoms. The van der Waals surface area contributed by atoms with E-state index in [9.17, 15) is 0 Å². The summed E-state index contributed by atoms with van der Waals surface area (Å²) in [4.78, 5) is 2.43. The van der Waals surface area contributed by atoms with Crippen LogP contribution in [0.5, 0.6) is 0 Å². The van der Waals surface area contributed by atoms with E-state index in [0.717, 1.165) is 33.8 Å². The van der Waals surface area contributed by atoms with Crippen molar-refractivity contribution in [2.45, 2.75) is 0 Å². The molecule has 0 aliphatic rings. The third kappa shape index (κ3) is 5.80.